The number of phenolic OH excluding ortho intramolecular Hbond substituents is 1. The van der Waals surface area contributed by atoms with Crippen molar-refractivity contribution in [1.82, 2.24) is 25.8 Å². The number of phenols is 1. The van der Waals surface area contributed by atoms with Crippen molar-refractivity contribution in [2.75, 3.05) is 38.0 Å². The molecule has 1 fully saturated rings. The summed E-state index contributed by atoms with van der Waals surface area (Å²) in [4.78, 5) is 41.7. The molecule has 0 unspecified atom stereocenters. The second kappa shape index (κ2) is 17.5. The van der Waals surface area contributed by atoms with Crippen molar-refractivity contribution in [2.24, 2.45) is 0 Å². The molecule has 5 aromatic rings. The summed E-state index contributed by atoms with van der Waals surface area (Å²) in [5.74, 6) is -0.0479. The molecule has 1 saturated heterocycles. The van der Waals surface area contributed by atoms with Gasteiger partial charge in [0.05, 0.1) is 17.3 Å². The number of ether oxygens (including phenoxy) is 1. The fourth-order valence-corrected chi connectivity index (χ4v) is 6.36. The van der Waals surface area contributed by atoms with Crippen LogP contribution in [0.5, 0.6) is 5.75 Å². The third-order valence-corrected chi connectivity index (χ3v) is 9.18. The van der Waals surface area contributed by atoms with E-state index in [2.05, 4.69) is 31.2 Å². The Kier molecular flexibility index (Phi) is 12.1. The van der Waals surface area contributed by atoms with Crippen molar-refractivity contribution in [3.8, 4) is 16.9 Å². The number of carbonyl (C=O) groups is 2. The molecule has 2 heterocycles. The van der Waals surface area contributed by atoms with Gasteiger partial charge < -0.3 is 40.8 Å². The number of aliphatic hydroxyl groups excluding tert-OH is 1. The summed E-state index contributed by atoms with van der Waals surface area (Å²) in [5, 5.41) is 33.4. The Morgan fingerprint density at radius 1 is 0.846 bits per heavy atom. The number of urea groups is 1. The van der Waals surface area contributed by atoms with E-state index < -0.39 is 12.2 Å². The molecule has 1 aliphatic rings. The highest BCUT2D eigenvalue weighted by molar-refractivity contribution is 5.91. The Bertz CT molecular complexity index is 2010. The first kappa shape index (κ1) is 36.1. The molecule has 3 amide bonds. The molecule has 6 rings (SSSR count). The number of aromatic nitrogens is 1. The summed E-state index contributed by atoms with van der Waals surface area (Å²) in [7, 11) is 0. The lowest BCUT2D eigenvalue weighted by molar-refractivity contribution is 0.0594. The summed E-state index contributed by atoms with van der Waals surface area (Å²) in [5.41, 5.74) is 5.22. The van der Waals surface area contributed by atoms with Gasteiger partial charge in [-0.15, -0.1) is 0 Å². The molecule has 1 aromatic heterocycles. The minimum atomic E-state index is -0.843. The van der Waals surface area contributed by atoms with Crippen molar-refractivity contribution in [1.29, 1.82) is 0 Å². The Labute approximate surface area is 301 Å². The predicted octanol–water partition coefficient (Wildman–Crippen LogP) is 5.24. The van der Waals surface area contributed by atoms with Crippen LogP contribution in [0, 0.1) is 0 Å². The van der Waals surface area contributed by atoms with Gasteiger partial charge in [-0.1, -0.05) is 78.9 Å². The zero-order valence-corrected chi connectivity index (χ0v) is 28.8. The molecule has 12 nitrogen and oxygen atoms in total. The molecule has 0 radical (unpaired) electrons. The highest BCUT2D eigenvalue weighted by atomic mass is 16.6. The van der Waals surface area contributed by atoms with Crippen LogP contribution in [0.1, 0.15) is 35.6 Å². The Morgan fingerprint density at radius 3 is 2.33 bits per heavy atom. The second-order valence-corrected chi connectivity index (χ2v) is 12.8. The summed E-state index contributed by atoms with van der Waals surface area (Å²) in [6, 6.07) is 31.2. The maximum Gasteiger partial charge on any atom is 0.411 e. The monoisotopic (exact) mass is 704 g/mol. The molecule has 1 aliphatic heterocycles. The van der Waals surface area contributed by atoms with Crippen molar-refractivity contribution >= 4 is 28.7 Å². The molecule has 1 atom stereocenters. The number of fused-ring (bicyclic) bond motifs is 1. The minimum Gasteiger partial charge on any atom is -0.506 e. The number of amides is 3. The van der Waals surface area contributed by atoms with Crippen LogP contribution in [0.4, 0.5) is 15.3 Å². The molecule has 0 aliphatic carbocycles. The van der Waals surface area contributed by atoms with E-state index in [4.69, 9.17) is 4.74 Å². The molecular formula is C40H44N6O6. The first-order chi connectivity index (χ1) is 25.3. The number of aliphatic hydroxyl groups is 1. The van der Waals surface area contributed by atoms with E-state index in [0.717, 1.165) is 48.2 Å². The van der Waals surface area contributed by atoms with Crippen LogP contribution in [0.25, 0.3) is 22.0 Å². The van der Waals surface area contributed by atoms with Crippen LogP contribution < -0.4 is 26.8 Å². The molecule has 0 bridgehead atoms. The third kappa shape index (κ3) is 9.75. The van der Waals surface area contributed by atoms with Crippen LogP contribution in [-0.2, 0) is 17.8 Å². The van der Waals surface area contributed by atoms with E-state index in [0.29, 0.717) is 48.3 Å². The van der Waals surface area contributed by atoms with Crippen LogP contribution in [0.3, 0.4) is 0 Å². The van der Waals surface area contributed by atoms with Crippen LogP contribution in [-0.4, -0.2) is 71.0 Å². The standard InChI is InChI=1S/C40H44N6O6/c47-35-16-14-32(33-15-17-37(49)45-38(33)35)36(48)26-41-24-27-10-12-28(13-11-27)25-43-39(50)42-20-23-46-21-18-30(19-22-46)52-40(51)44-34-9-5-4-8-31(34)29-6-2-1-3-7-29/h1-17,30,36,41,47-48H,18-26H2,(H,44,51)(H,45,49)(H2,42,43,50)/t36-/m0/s1. The average molecular weight is 705 g/mol. The number of para-hydroxylation sites is 1. The number of aromatic amines is 1. The number of anilines is 1. The molecule has 7 N–H and O–H groups in total. The topological polar surface area (TPSA) is 168 Å². The maximum absolute atomic E-state index is 12.7. The molecular weight excluding hydrogens is 660 g/mol. The molecule has 52 heavy (non-hydrogen) atoms. The van der Waals surface area contributed by atoms with Gasteiger partial charge in [0, 0.05) is 62.8 Å². The summed E-state index contributed by atoms with van der Waals surface area (Å²) in [6.07, 6.45) is -0.00589. The second-order valence-electron chi connectivity index (χ2n) is 12.8. The number of carbonyl (C=O) groups excluding carboxylic acids is 2. The number of piperidine rings is 1. The largest absolute Gasteiger partial charge is 0.506 e. The number of pyridine rings is 1. The predicted molar refractivity (Wildman–Crippen MR) is 201 cm³/mol. The van der Waals surface area contributed by atoms with Crippen molar-refractivity contribution < 1.29 is 24.5 Å². The van der Waals surface area contributed by atoms with E-state index in [1.54, 1.807) is 12.1 Å². The van der Waals surface area contributed by atoms with Gasteiger partial charge in [0.1, 0.15) is 11.9 Å². The number of rotatable bonds is 13. The SMILES string of the molecule is O=C(NCCN1CCC(OC(=O)Nc2ccccc2-c2ccccc2)CC1)NCc1ccc(CNC[C@H](O)c2ccc(O)c3[nH]c(=O)ccc23)cc1. The van der Waals surface area contributed by atoms with E-state index in [9.17, 15) is 24.6 Å². The lowest BCUT2D eigenvalue weighted by atomic mass is 10.0. The maximum atomic E-state index is 12.7. The molecule has 12 heteroatoms. The highest BCUT2D eigenvalue weighted by Gasteiger charge is 2.23. The zero-order chi connectivity index (χ0) is 36.3. The van der Waals surface area contributed by atoms with E-state index in [1.807, 2.05) is 78.9 Å². The van der Waals surface area contributed by atoms with Gasteiger partial charge in [-0.3, -0.25) is 10.1 Å². The Balaban J connectivity index is 0.845. The molecule has 0 spiro atoms. The Morgan fingerprint density at radius 2 is 1.56 bits per heavy atom. The van der Waals surface area contributed by atoms with Crippen LogP contribution in [0.2, 0.25) is 0 Å². The van der Waals surface area contributed by atoms with Gasteiger partial charge in [0.2, 0.25) is 5.56 Å². The number of benzene rings is 4. The van der Waals surface area contributed by atoms with Crippen LogP contribution in [0.15, 0.2) is 108 Å². The number of nitrogens with one attached hydrogen (secondary N) is 5. The lowest BCUT2D eigenvalue weighted by Gasteiger charge is -2.31. The first-order valence-corrected chi connectivity index (χ1v) is 17.5. The number of nitrogens with zero attached hydrogens (tertiary/aromatic N) is 1. The Hall–Kier alpha value is -5.69. The average Bonchev–Trinajstić information content (AvgIpc) is 3.16. The number of hydrogen-bond acceptors (Lipinski definition) is 8. The molecule has 0 saturated carbocycles. The van der Waals surface area contributed by atoms with Crippen molar-refractivity contribution in [2.45, 2.75) is 38.1 Å². The summed E-state index contributed by atoms with van der Waals surface area (Å²) < 4.78 is 5.74. The van der Waals surface area contributed by atoms with Crippen LogP contribution >= 0.6 is 0 Å². The van der Waals surface area contributed by atoms with Gasteiger partial charge in [-0.25, -0.2) is 9.59 Å². The van der Waals surface area contributed by atoms with E-state index in [-0.39, 0.29) is 30.0 Å². The number of aromatic hydroxyl groups is 1. The smallest absolute Gasteiger partial charge is 0.411 e. The van der Waals surface area contributed by atoms with E-state index in [1.165, 1.54) is 12.1 Å². The lowest BCUT2D eigenvalue weighted by Crippen LogP contribution is -2.44. The fourth-order valence-electron chi connectivity index (χ4n) is 6.36. The van der Waals surface area contributed by atoms with E-state index >= 15 is 0 Å². The number of H-pyrrole nitrogens is 1. The number of likely N-dealkylation sites (tertiary alicyclic amines) is 1. The van der Waals surface area contributed by atoms with Gasteiger partial charge in [0.15, 0.2) is 0 Å². The van der Waals surface area contributed by atoms with Gasteiger partial charge in [-0.2, -0.15) is 0 Å². The number of hydrogen-bond donors (Lipinski definition) is 7. The quantitative estimate of drug-likeness (QED) is 0.0874. The van der Waals surface area contributed by atoms with Gasteiger partial charge in [-0.05, 0) is 53.3 Å². The molecule has 270 valence electrons. The third-order valence-electron chi connectivity index (χ3n) is 9.18. The summed E-state index contributed by atoms with van der Waals surface area (Å²) >= 11 is 0. The highest BCUT2D eigenvalue weighted by Crippen LogP contribution is 2.29. The van der Waals surface area contributed by atoms with Crippen molar-refractivity contribution in [3.63, 3.8) is 0 Å². The van der Waals surface area contributed by atoms with Gasteiger partial charge in [0.25, 0.3) is 0 Å². The van der Waals surface area contributed by atoms with Crippen molar-refractivity contribution in [3.05, 3.63) is 130 Å². The van der Waals surface area contributed by atoms with Gasteiger partial charge >= 0.3 is 12.1 Å². The molecule has 4 aromatic carbocycles. The zero-order valence-electron chi connectivity index (χ0n) is 28.8. The normalized spacial score (nSPS) is 14.1. The minimum absolute atomic E-state index is 0.0479. The summed E-state index contributed by atoms with van der Waals surface area (Å²) in [6.45, 7) is 3.94. The fraction of sp³-hybridized carbons (Fsp3) is 0.275. The first-order valence-electron chi connectivity index (χ1n) is 17.5.